The number of hydrogen-bond acceptors (Lipinski definition) is 4. The molecular weight excluding hydrogens is 428 g/mol. The number of rotatable bonds is 4. The first kappa shape index (κ1) is 18.3. The summed E-state index contributed by atoms with van der Waals surface area (Å²) in [5.41, 5.74) is 4.45. The first-order chi connectivity index (χ1) is 14.2. The van der Waals surface area contributed by atoms with Gasteiger partial charge in [0.05, 0.1) is 18.4 Å². The molecule has 0 bridgehead atoms. The molecule has 0 radical (unpaired) electrons. The van der Waals surface area contributed by atoms with Gasteiger partial charge in [0.1, 0.15) is 11.5 Å². The molecule has 0 N–H and O–H groups in total. The van der Waals surface area contributed by atoms with Crippen LogP contribution in [0.3, 0.4) is 0 Å². The highest BCUT2D eigenvalue weighted by molar-refractivity contribution is 9.10. The standard InChI is InChI=1S/C24H21BrN2O2/c1-2-28-19-11-8-16(9-12-19)21-15-22-20-14-18(25)10-13-23(20)29-24(27(22)26-21)17-6-4-3-5-7-17/h3-14,22,24H,2,15H2,1H3. The molecule has 0 saturated heterocycles. The fraction of sp³-hybridized carbons (Fsp3) is 0.208. The lowest BCUT2D eigenvalue weighted by Gasteiger charge is -2.38. The summed E-state index contributed by atoms with van der Waals surface area (Å²) in [6.45, 7) is 2.66. The molecule has 0 aromatic heterocycles. The second kappa shape index (κ2) is 7.56. The minimum absolute atomic E-state index is 0.142. The molecule has 0 fully saturated rings. The lowest BCUT2D eigenvalue weighted by atomic mass is 9.96. The van der Waals surface area contributed by atoms with Crippen molar-refractivity contribution in [3.63, 3.8) is 0 Å². The molecule has 2 unspecified atom stereocenters. The van der Waals surface area contributed by atoms with Gasteiger partial charge in [0.2, 0.25) is 6.23 Å². The Labute approximate surface area is 178 Å². The summed E-state index contributed by atoms with van der Waals surface area (Å²) in [5.74, 6) is 1.80. The Hall–Kier alpha value is -2.79. The van der Waals surface area contributed by atoms with Gasteiger partial charge in [0.25, 0.3) is 0 Å². The number of benzene rings is 3. The summed E-state index contributed by atoms with van der Waals surface area (Å²) in [7, 11) is 0. The highest BCUT2D eigenvalue weighted by Crippen LogP contribution is 2.48. The molecule has 2 aliphatic heterocycles. The summed E-state index contributed by atoms with van der Waals surface area (Å²) in [6.07, 6.45) is 0.597. The highest BCUT2D eigenvalue weighted by atomic mass is 79.9. The van der Waals surface area contributed by atoms with Gasteiger partial charge in [-0.25, -0.2) is 5.01 Å². The molecule has 3 aromatic rings. The molecule has 5 rings (SSSR count). The molecule has 5 heteroatoms. The Balaban J connectivity index is 1.54. The SMILES string of the molecule is CCOc1ccc(C2=NN3C(C2)c2cc(Br)ccc2OC3c2ccccc2)cc1. The van der Waals surface area contributed by atoms with Gasteiger partial charge in [-0.15, -0.1) is 0 Å². The van der Waals surface area contributed by atoms with E-state index in [1.54, 1.807) is 0 Å². The normalized spacial score (nSPS) is 19.8. The van der Waals surface area contributed by atoms with Crippen molar-refractivity contribution in [1.82, 2.24) is 5.01 Å². The van der Waals surface area contributed by atoms with Crippen molar-refractivity contribution in [3.05, 3.63) is 94.0 Å². The van der Waals surface area contributed by atoms with Gasteiger partial charge >= 0.3 is 0 Å². The van der Waals surface area contributed by atoms with Crippen LogP contribution in [0.4, 0.5) is 0 Å². The maximum absolute atomic E-state index is 6.40. The largest absolute Gasteiger partial charge is 0.494 e. The van der Waals surface area contributed by atoms with Crippen LogP contribution in [0.15, 0.2) is 82.4 Å². The molecular formula is C24H21BrN2O2. The van der Waals surface area contributed by atoms with Crippen LogP contribution in [0, 0.1) is 0 Å². The third-order valence-corrected chi connectivity index (χ3v) is 5.83. The van der Waals surface area contributed by atoms with E-state index >= 15 is 0 Å². The zero-order valence-electron chi connectivity index (χ0n) is 16.1. The average molecular weight is 449 g/mol. The minimum Gasteiger partial charge on any atom is -0.494 e. The van der Waals surface area contributed by atoms with Crippen LogP contribution in [0.5, 0.6) is 11.5 Å². The van der Waals surface area contributed by atoms with Crippen molar-refractivity contribution in [1.29, 1.82) is 0 Å². The zero-order valence-corrected chi connectivity index (χ0v) is 17.7. The number of halogens is 1. The van der Waals surface area contributed by atoms with Gasteiger partial charge in [0, 0.05) is 22.0 Å². The van der Waals surface area contributed by atoms with E-state index in [9.17, 15) is 0 Å². The Morgan fingerprint density at radius 2 is 1.86 bits per heavy atom. The van der Waals surface area contributed by atoms with Crippen molar-refractivity contribution < 1.29 is 9.47 Å². The van der Waals surface area contributed by atoms with E-state index < -0.39 is 0 Å². The molecule has 4 nitrogen and oxygen atoms in total. The van der Waals surface area contributed by atoms with E-state index in [2.05, 4.69) is 51.3 Å². The molecule has 0 spiro atoms. The maximum Gasteiger partial charge on any atom is 0.213 e. The van der Waals surface area contributed by atoms with Gasteiger partial charge in [-0.2, -0.15) is 5.10 Å². The topological polar surface area (TPSA) is 34.1 Å². The summed E-state index contributed by atoms with van der Waals surface area (Å²) in [5, 5.41) is 7.12. The highest BCUT2D eigenvalue weighted by Gasteiger charge is 2.41. The van der Waals surface area contributed by atoms with Crippen LogP contribution in [-0.4, -0.2) is 17.3 Å². The van der Waals surface area contributed by atoms with Gasteiger partial charge < -0.3 is 9.47 Å². The third kappa shape index (κ3) is 3.40. The molecule has 3 aromatic carbocycles. The molecule has 29 heavy (non-hydrogen) atoms. The van der Waals surface area contributed by atoms with Crippen molar-refractivity contribution in [3.8, 4) is 11.5 Å². The second-order valence-electron chi connectivity index (χ2n) is 7.17. The Bertz CT molecular complexity index is 1050. The fourth-order valence-corrected chi connectivity index (χ4v) is 4.36. The summed E-state index contributed by atoms with van der Waals surface area (Å²) in [6, 6.07) is 24.8. The van der Waals surface area contributed by atoms with Crippen LogP contribution >= 0.6 is 15.9 Å². The lowest BCUT2D eigenvalue weighted by Crippen LogP contribution is -2.33. The first-order valence-electron chi connectivity index (χ1n) is 9.83. The van der Waals surface area contributed by atoms with E-state index in [0.29, 0.717) is 6.61 Å². The number of nitrogens with zero attached hydrogens (tertiary/aromatic N) is 2. The Kier molecular flexibility index (Phi) is 4.76. The minimum atomic E-state index is -0.241. The monoisotopic (exact) mass is 448 g/mol. The van der Waals surface area contributed by atoms with E-state index in [1.807, 2.05) is 49.4 Å². The summed E-state index contributed by atoms with van der Waals surface area (Å²) >= 11 is 3.60. The first-order valence-corrected chi connectivity index (χ1v) is 10.6. The van der Waals surface area contributed by atoms with Crippen LogP contribution in [0.1, 0.15) is 42.3 Å². The summed E-state index contributed by atoms with van der Waals surface area (Å²) < 4.78 is 13.0. The number of hydrogen-bond donors (Lipinski definition) is 0. The molecule has 2 heterocycles. The predicted octanol–water partition coefficient (Wildman–Crippen LogP) is 6.09. The van der Waals surface area contributed by atoms with E-state index in [-0.39, 0.29) is 12.3 Å². The van der Waals surface area contributed by atoms with Gasteiger partial charge in [-0.3, -0.25) is 0 Å². The molecule has 2 aliphatic rings. The van der Waals surface area contributed by atoms with Crippen molar-refractivity contribution in [2.45, 2.75) is 25.6 Å². The van der Waals surface area contributed by atoms with Gasteiger partial charge in [0.15, 0.2) is 0 Å². The van der Waals surface area contributed by atoms with Crippen molar-refractivity contribution >= 4 is 21.6 Å². The molecule has 0 aliphatic carbocycles. The molecule has 0 amide bonds. The Morgan fingerprint density at radius 1 is 1.07 bits per heavy atom. The van der Waals surface area contributed by atoms with Gasteiger partial charge in [-0.05, 0) is 55.0 Å². The van der Waals surface area contributed by atoms with Crippen molar-refractivity contribution in [2.24, 2.45) is 5.10 Å². The second-order valence-corrected chi connectivity index (χ2v) is 8.08. The van der Waals surface area contributed by atoms with Crippen molar-refractivity contribution in [2.75, 3.05) is 6.61 Å². The molecule has 2 atom stereocenters. The molecule has 146 valence electrons. The third-order valence-electron chi connectivity index (χ3n) is 5.34. The van der Waals surface area contributed by atoms with Crippen LogP contribution < -0.4 is 9.47 Å². The van der Waals surface area contributed by atoms with Gasteiger partial charge in [-0.1, -0.05) is 46.3 Å². The fourth-order valence-electron chi connectivity index (χ4n) is 3.98. The van der Waals surface area contributed by atoms with E-state index in [4.69, 9.17) is 14.6 Å². The quantitative estimate of drug-likeness (QED) is 0.484. The smallest absolute Gasteiger partial charge is 0.213 e. The van der Waals surface area contributed by atoms with Crippen LogP contribution in [-0.2, 0) is 0 Å². The molecule has 0 saturated carbocycles. The number of fused-ring (bicyclic) bond motifs is 3. The number of ether oxygens (including phenoxy) is 2. The van der Waals surface area contributed by atoms with E-state index in [1.165, 1.54) is 0 Å². The number of hydrazone groups is 1. The predicted molar refractivity (Wildman–Crippen MR) is 117 cm³/mol. The Morgan fingerprint density at radius 3 is 2.62 bits per heavy atom. The summed E-state index contributed by atoms with van der Waals surface area (Å²) in [4.78, 5) is 0. The van der Waals surface area contributed by atoms with Crippen LogP contribution in [0.2, 0.25) is 0 Å². The zero-order chi connectivity index (χ0) is 19.8. The van der Waals surface area contributed by atoms with E-state index in [0.717, 1.165) is 44.8 Å². The average Bonchev–Trinajstić information content (AvgIpc) is 3.20. The lowest BCUT2D eigenvalue weighted by molar-refractivity contribution is -0.0190. The van der Waals surface area contributed by atoms with Crippen LogP contribution in [0.25, 0.3) is 0 Å². The maximum atomic E-state index is 6.40.